The van der Waals surface area contributed by atoms with Crippen molar-refractivity contribution < 1.29 is 27.9 Å². The number of nitrogens with one attached hydrogen (secondary N) is 1. The number of thiazole rings is 1. The molecule has 0 spiro atoms. The van der Waals surface area contributed by atoms with Crippen molar-refractivity contribution in [2.45, 2.75) is 20.3 Å². The Morgan fingerprint density at radius 1 is 1.24 bits per heavy atom. The first-order valence-electron chi connectivity index (χ1n) is 10.1. The molecule has 1 N–H and O–H groups in total. The van der Waals surface area contributed by atoms with Crippen LogP contribution in [0.15, 0.2) is 55.6 Å². The van der Waals surface area contributed by atoms with E-state index < -0.39 is 23.9 Å². The molecule has 4 rings (SSSR count). The number of rotatable bonds is 8. The molecule has 0 fully saturated rings. The molecule has 33 heavy (non-hydrogen) atoms. The maximum absolute atomic E-state index is 13.1. The number of amides is 1. The van der Waals surface area contributed by atoms with Crippen LogP contribution in [0.3, 0.4) is 0 Å². The Morgan fingerprint density at radius 2 is 2.09 bits per heavy atom. The predicted octanol–water partition coefficient (Wildman–Crippen LogP) is 3.94. The summed E-state index contributed by atoms with van der Waals surface area (Å²) in [7, 11) is 0. The van der Waals surface area contributed by atoms with Gasteiger partial charge >= 0.3 is 5.97 Å². The molecule has 1 amide bonds. The summed E-state index contributed by atoms with van der Waals surface area (Å²) < 4.78 is 21.8. The number of esters is 1. The van der Waals surface area contributed by atoms with E-state index in [4.69, 9.17) is 18.3 Å². The number of nitrogens with zero attached hydrogens (tertiary/aromatic N) is 1. The van der Waals surface area contributed by atoms with Gasteiger partial charge in [0.15, 0.2) is 17.5 Å². The van der Waals surface area contributed by atoms with E-state index in [1.807, 2.05) is 6.92 Å². The first kappa shape index (κ1) is 22.3. The van der Waals surface area contributed by atoms with E-state index in [9.17, 15) is 14.4 Å². The molecule has 3 heterocycles. The van der Waals surface area contributed by atoms with Crippen molar-refractivity contribution in [3.8, 4) is 17.3 Å². The summed E-state index contributed by atoms with van der Waals surface area (Å²) in [6, 6.07) is 8.47. The van der Waals surface area contributed by atoms with E-state index in [0.29, 0.717) is 27.6 Å². The van der Waals surface area contributed by atoms with Gasteiger partial charge in [0.1, 0.15) is 5.58 Å². The average molecular weight is 468 g/mol. The average Bonchev–Trinajstić information content (AvgIpc) is 3.45. The SMILES string of the molecule is CCOC(=O)Cc1csc(NC(=O)COc2c(-c3ccco3)oc3cc(C)ccc3c2=O)n1. The molecule has 4 aromatic rings. The lowest BCUT2D eigenvalue weighted by molar-refractivity contribution is -0.142. The molecular weight excluding hydrogens is 448 g/mol. The van der Waals surface area contributed by atoms with E-state index in [-0.39, 0.29) is 24.5 Å². The van der Waals surface area contributed by atoms with Gasteiger partial charge in [-0.05, 0) is 43.7 Å². The van der Waals surface area contributed by atoms with Crippen LogP contribution in [0.4, 0.5) is 5.13 Å². The van der Waals surface area contributed by atoms with Crippen molar-refractivity contribution in [3.63, 3.8) is 0 Å². The minimum Gasteiger partial charge on any atom is -0.476 e. The quantitative estimate of drug-likeness (QED) is 0.386. The normalized spacial score (nSPS) is 10.8. The summed E-state index contributed by atoms with van der Waals surface area (Å²) in [5.41, 5.74) is 1.39. The van der Waals surface area contributed by atoms with E-state index in [2.05, 4.69) is 10.3 Å². The van der Waals surface area contributed by atoms with Crippen LogP contribution in [0.5, 0.6) is 5.75 Å². The third kappa shape index (κ3) is 5.12. The van der Waals surface area contributed by atoms with Crippen LogP contribution in [-0.2, 0) is 20.7 Å². The number of fused-ring (bicyclic) bond motifs is 1. The fourth-order valence-corrected chi connectivity index (χ4v) is 3.81. The number of benzene rings is 1. The predicted molar refractivity (Wildman–Crippen MR) is 121 cm³/mol. The van der Waals surface area contributed by atoms with Crippen LogP contribution in [0.2, 0.25) is 0 Å². The van der Waals surface area contributed by atoms with Gasteiger partial charge in [0.25, 0.3) is 5.91 Å². The van der Waals surface area contributed by atoms with Gasteiger partial charge in [-0.25, -0.2) is 4.98 Å². The monoisotopic (exact) mass is 468 g/mol. The Labute approximate surface area is 192 Å². The fourth-order valence-electron chi connectivity index (χ4n) is 3.08. The van der Waals surface area contributed by atoms with Crippen LogP contribution in [-0.4, -0.2) is 30.1 Å². The molecule has 0 bridgehead atoms. The molecule has 0 saturated heterocycles. The van der Waals surface area contributed by atoms with Crippen molar-refractivity contribution in [3.05, 3.63) is 63.5 Å². The Bertz CT molecular complexity index is 1360. The summed E-state index contributed by atoms with van der Waals surface area (Å²) >= 11 is 1.17. The molecule has 170 valence electrons. The van der Waals surface area contributed by atoms with Crippen LogP contribution >= 0.6 is 11.3 Å². The molecule has 0 aliphatic rings. The number of carbonyl (C=O) groups is 2. The molecule has 3 aromatic heterocycles. The molecule has 0 radical (unpaired) electrons. The highest BCUT2D eigenvalue weighted by Crippen LogP contribution is 2.31. The molecule has 0 saturated carbocycles. The molecule has 9 nitrogen and oxygen atoms in total. The number of aromatic nitrogens is 1. The lowest BCUT2D eigenvalue weighted by Crippen LogP contribution is -2.22. The van der Waals surface area contributed by atoms with Gasteiger partial charge in [-0.1, -0.05) is 6.07 Å². The molecular formula is C23H20N2O7S. The van der Waals surface area contributed by atoms with Crippen molar-refractivity contribution in [1.29, 1.82) is 0 Å². The largest absolute Gasteiger partial charge is 0.476 e. The van der Waals surface area contributed by atoms with Gasteiger partial charge in [-0.3, -0.25) is 19.7 Å². The van der Waals surface area contributed by atoms with Gasteiger partial charge in [-0.2, -0.15) is 0 Å². The molecule has 0 atom stereocenters. The van der Waals surface area contributed by atoms with Crippen molar-refractivity contribution in [1.82, 2.24) is 4.98 Å². The maximum Gasteiger partial charge on any atom is 0.311 e. The number of furan rings is 1. The number of anilines is 1. The van der Waals surface area contributed by atoms with Gasteiger partial charge < -0.3 is 18.3 Å². The Hall–Kier alpha value is -3.92. The Morgan fingerprint density at radius 3 is 2.85 bits per heavy atom. The molecule has 1 aromatic carbocycles. The highest BCUT2D eigenvalue weighted by molar-refractivity contribution is 7.13. The minimum atomic E-state index is -0.527. The summed E-state index contributed by atoms with van der Waals surface area (Å²) in [6.07, 6.45) is 1.46. The number of carbonyl (C=O) groups excluding carboxylic acids is 2. The lowest BCUT2D eigenvalue weighted by atomic mass is 10.1. The topological polar surface area (TPSA) is 121 Å². The lowest BCUT2D eigenvalue weighted by Gasteiger charge is -2.10. The van der Waals surface area contributed by atoms with Crippen LogP contribution in [0.1, 0.15) is 18.2 Å². The van der Waals surface area contributed by atoms with Gasteiger partial charge in [0.05, 0.1) is 30.4 Å². The first-order valence-corrected chi connectivity index (χ1v) is 11.0. The number of aryl methyl sites for hydroxylation is 1. The second kappa shape index (κ2) is 9.70. The summed E-state index contributed by atoms with van der Waals surface area (Å²) in [5, 5.41) is 4.88. The van der Waals surface area contributed by atoms with Crippen LogP contribution in [0.25, 0.3) is 22.5 Å². The summed E-state index contributed by atoms with van der Waals surface area (Å²) in [5.74, 6) is -0.650. The molecule has 10 heteroatoms. The van der Waals surface area contributed by atoms with E-state index >= 15 is 0 Å². The standard InChI is InChI=1S/C23H20N2O7S/c1-3-29-19(27)10-14-12-33-23(24-14)25-18(26)11-31-22-20(28)15-7-6-13(2)9-17(15)32-21(22)16-5-4-8-30-16/h4-9,12H,3,10-11H2,1-2H3,(H,24,25,26). The highest BCUT2D eigenvalue weighted by atomic mass is 32.1. The Kier molecular flexibility index (Phi) is 6.55. The second-order valence-corrected chi connectivity index (χ2v) is 7.89. The molecule has 0 aliphatic heterocycles. The maximum atomic E-state index is 13.1. The Balaban J connectivity index is 1.52. The number of ether oxygens (including phenoxy) is 2. The zero-order chi connectivity index (χ0) is 23.4. The van der Waals surface area contributed by atoms with Crippen molar-refractivity contribution >= 4 is 39.3 Å². The number of hydrogen-bond acceptors (Lipinski definition) is 9. The third-order valence-electron chi connectivity index (χ3n) is 4.53. The van der Waals surface area contributed by atoms with Crippen LogP contribution in [0, 0.1) is 6.92 Å². The zero-order valence-electron chi connectivity index (χ0n) is 17.9. The van der Waals surface area contributed by atoms with E-state index in [1.165, 1.54) is 17.6 Å². The van der Waals surface area contributed by atoms with Gasteiger partial charge in [0, 0.05) is 5.38 Å². The number of hydrogen-bond donors (Lipinski definition) is 1. The smallest absolute Gasteiger partial charge is 0.311 e. The molecule has 0 aliphatic carbocycles. The van der Waals surface area contributed by atoms with Crippen LogP contribution < -0.4 is 15.5 Å². The van der Waals surface area contributed by atoms with E-state index in [1.54, 1.807) is 42.6 Å². The highest BCUT2D eigenvalue weighted by Gasteiger charge is 2.21. The van der Waals surface area contributed by atoms with E-state index in [0.717, 1.165) is 5.56 Å². The summed E-state index contributed by atoms with van der Waals surface area (Å²) in [6.45, 7) is 3.44. The first-order chi connectivity index (χ1) is 15.9. The second-order valence-electron chi connectivity index (χ2n) is 7.03. The van der Waals surface area contributed by atoms with Gasteiger partial charge in [0.2, 0.25) is 16.9 Å². The van der Waals surface area contributed by atoms with Gasteiger partial charge in [-0.15, -0.1) is 11.3 Å². The summed E-state index contributed by atoms with van der Waals surface area (Å²) in [4.78, 5) is 41.2. The third-order valence-corrected chi connectivity index (χ3v) is 5.33. The minimum absolute atomic E-state index is 0.0147. The van der Waals surface area contributed by atoms with Crippen molar-refractivity contribution in [2.75, 3.05) is 18.5 Å². The van der Waals surface area contributed by atoms with Crippen molar-refractivity contribution in [2.24, 2.45) is 0 Å². The molecule has 0 unspecified atom stereocenters. The zero-order valence-corrected chi connectivity index (χ0v) is 18.7. The fraction of sp³-hybridized carbons (Fsp3) is 0.217.